The topological polar surface area (TPSA) is 85.6 Å². The average molecular weight is 364 g/mol. The van der Waals surface area contributed by atoms with E-state index in [1.807, 2.05) is 54.6 Å². The predicted octanol–water partition coefficient (Wildman–Crippen LogP) is 4.76. The summed E-state index contributed by atoms with van der Waals surface area (Å²) in [4.78, 5) is 12.0. The Balaban J connectivity index is 1.60. The molecule has 25 heavy (non-hydrogen) atoms. The van der Waals surface area contributed by atoms with Gasteiger partial charge in [0.1, 0.15) is 17.4 Å². The van der Waals surface area contributed by atoms with Gasteiger partial charge in [-0.2, -0.15) is 5.26 Å². The maximum atomic E-state index is 10.4. The molecule has 122 valence electrons. The molecule has 0 fully saturated rings. The van der Waals surface area contributed by atoms with Crippen LogP contribution in [0.3, 0.4) is 0 Å². The van der Waals surface area contributed by atoms with E-state index in [1.54, 1.807) is 11.3 Å². The van der Waals surface area contributed by atoms with Crippen molar-refractivity contribution in [3.05, 3.63) is 60.1 Å². The van der Waals surface area contributed by atoms with Crippen LogP contribution in [0, 0.1) is 11.3 Å². The number of aromatic amines is 1. The number of nitriles is 1. The summed E-state index contributed by atoms with van der Waals surface area (Å²) in [6, 6.07) is 17.5. The predicted molar refractivity (Wildman–Crippen MR) is 102 cm³/mol. The number of aliphatic hydroxyl groups is 1. The minimum Gasteiger partial charge on any atom is -0.510 e. The van der Waals surface area contributed by atoms with Gasteiger partial charge in [0.05, 0.1) is 27.0 Å². The lowest BCUT2D eigenvalue weighted by Crippen LogP contribution is -1.95. The number of fused-ring (bicyclic) bond motifs is 2. The Hall–Kier alpha value is -2.82. The van der Waals surface area contributed by atoms with Crippen molar-refractivity contribution in [1.29, 1.82) is 5.26 Å². The van der Waals surface area contributed by atoms with Crippen LogP contribution >= 0.6 is 23.1 Å². The second-order valence-electron chi connectivity index (χ2n) is 5.27. The number of para-hydroxylation sites is 3. The highest BCUT2D eigenvalue weighted by Crippen LogP contribution is 2.31. The van der Waals surface area contributed by atoms with E-state index < -0.39 is 0 Å². The van der Waals surface area contributed by atoms with Crippen molar-refractivity contribution >= 4 is 49.9 Å². The van der Waals surface area contributed by atoms with Gasteiger partial charge in [-0.25, -0.2) is 9.97 Å². The normalized spacial score (nSPS) is 12.3. The SMILES string of the molecule is N#CC(=C(O)CSc1nc2ccccc2s1)c1nc2ccccc2[nH]1. The van der Waals surface area contributed by atoms with Crippen LogP contribution in [0.4, 0.5) is 0 Å². The minimum absolute atomic E-state index is 0.00851. The van der Waals surface area contributed by atoms with E-state index in [-0.39, 0.29) is 17.1 Å². The van der Waals surface area contributed by atoms with Gasteiger partial charge in [0.25, 0.3) is 0 Å². The number of H-pyrrole nitrogens is 1. The third-order valence-corrected chi connectivity index (χ3v) is 5.82. The Kier molecular flexibility index (Phi) is 4.14. The first-order valence-corrected chi connectivity index (χ1v) is 9.30. The number of aliphatic hydroxyl groups excluding tert-OH is 1. The van der Waals surface area contributed by atoms with Crippen LogP contribution in [0.15, 0.2) is 58.6 Å². The first-order valence-electron chi connectivity index (χ1n) is 7.50. The summed E-state index contributed by atoms with van der Waals surface area (Å²) in [5.41, 5.74) is 2.69. The maximum absolute atomic E-state index is 10.4. The summed E-state index contributed by atoms with van der Waals surface area (Å²) in [7, 11) is 0. The number of hydrogen-bond acceptors (Lipinski definition) is 6. The quantitative estimate of drug-likeness (QED) is 0.310. The summed E-state index contributed by atoms with van der Waals surface area (Å²) >= 11 is 2.98. The number of aromatic nitrogens is 3. The molecule has 0 aliphatic heterocycles. The monoisotopic (exact) mass is 364 g/mol. The molecule has 7 heteroatoms. The zero-order valence-electron chi connectivity index (χ0n) is 12.9. The molecule has 2 heterocycles. The van der Waals surface area contributed by atoms with Crippen molar-refractivity contribution in [2.24, 2.45) is 0 Å². The lowest BCUT2D eigenvalue weighted by atomic mass is 10.2. The molecule has 0 amide bonds. The third kappa shape index (κ3) is 3.09. The highest BCUT2D eigenvalue weighted by molar-refractivity contribution is 8.01. The number of nitrogens with one attached hydrogen (secondary N) is 1. The fourth-order valence-corrected chi connectivity index (χ4v) is 4.39. The van der Waals surface area contributed by atoms with E-state index in [0.717, 1.165) is 25.6 Å². The molecule has 4 aromatic rings. The number of imidazole rings is 1. The van der Waals surface area contributed by atoms with Gasteiger partial charge in [-0.1, -0.05) is 36.0 Å². The molecule has 0 spiro atoms. The second kappa shape index (κ2) is 6.59. The summed E-state index contributed by atoms with van der Waals surface area (Å²) in [5.74, 6) is 0.636. The van der Waals surface area contributed by atoms with Gasteiger partial charge in [0.2, 0.25) is 0 Å². The van der Waals surface area contributed by atoms with E-state index in [1.165, 1.54) is 11.8 Å². The van der Waals surface area contributed by atoms with Crippen molar-refractivity contribution in [3.63, 3.8) is 0 Å². The van der Waals surface area contributed by atoms with Gasteiger partial charge < -0.3 is 10.1 Å². The zero-order chi connectivity index (χ0) is 17.2. The number of nitrogens with zero attached hydrogens (tertiary/aromatic N) is 3. The first-order chi connectivity index (χ1) is 12.2. The lowest BCUT2D eigenvalue weighted by molar-refractivity contribution is 0.420. The molecular formula is C18H12N4OS2. The van der Waals surface area contributed by atoms with Gasteiger partial charge >= 0.3 is 0 Å². The number of hydrogen-bond donors (Lipinski definition) is 2. The van der Waals surface area contributed by atoms with E-state index in [4.69, 9.17) is 0 Å². The first kappa shape index (κ1) is 15.7. The Morgan fingerprint density at radius 1 is 1.12 bits per heavy atom. The Bertz CT molecular complexity index is 1070. The smallest absolute Gasteiger partial charge is 0.152 e. The molecule has 0 saturated heterocycles. The Morgan fingerprint density at radius 3 is 2.64 bits per heavy atom. The summed E-state index contributed by atoms with van der Waals surface area (Å²) in [5, 5.41) is 19.8. The molecule has 0 aliphatic carbocycles. The number of allylic oxidation sites excluding steroid dienone is 1. The fraction of sp³-hybridized carbons (Fsp3) is 0.0556. The van der Waals surface area contributed by atoms with Crippen molar-refractivity contribution in [2.45, 2.75) is 4.34 Å². The molecule has 0 bridgehead atoms. The van der Waals surface area contributed by atoms with Crippen LogP contribution in [0.1, 0.15) is 5.82 Å². The van der Waals surface area contributed by atoms with E-state index in [9.17, 15) is 10.4 Å². The van der Waals surface area contributed by atoms with Crippen LogP contribution in [0.5, 0.6) is 0 Å². The van der Waals surface area contributed by atoms with Crippen molar-refractivity contribution in [1.82, 2.24) is 15.0 Å². The summed E-state index contributed by atoms with van der Waals surface area (Å²) < 4.78 is 1.96. The van der Waals surface area contributed by atoms with Crippen LogP contribution in [-0.4, -0.2) is 25.8 Å². The molecule has 0 unspecified atom stereocenters. The molecule has 2 aromatic heterocycles. The van der Waals surface area contributed by atoms with E-state index in [2.05, 4.69) is 15.0 Å². The van der Waals surface area contributed by atoms with Crippen LogP contribution in [0.25, 0.3) is 26.8 Å². The number of benzene rings is 2. The zero-order valence-corrected chi connectivity index (χ0v) is 14.6. The van der Waals surface area contributed by atoms with Gasteiger partial charge in [-0.05, 0) is 24.3 Å². The Labute approximate surface area is 151 Å². The van der Waals surface area contributed by atoms with Crippen LogP contribution in [-0.2, 0) is 0 Å². The molecule has 5 nitrogen and oxygen atoms in total. The molecule has 0 atom stereocenters. The molecule has 0 aliphatic rings. The number of rotatable bonds is 4. The van der Waals surface area contributed by atoms with Gasteiger partial charge in [0.15, 0.2) is 10.2 Å². The summed E-state index contributed by atoms with van der Waals surface area (Å²) in [6.45, 7) is 0. The standard InChI is InChI=1S/C18H12N4OS2/c19-9-11(17-20-12-5-1-2-6-13(12)21-17)15(23)10-24-18-22-14-7-3-4-8-16(14)25-18/h1-8,23H,10H2,(H,20,21). The molecule has 2 N–H and O–H groups in total. The highest BCUT2D eigenvalue weighted by Gasteiger charge is 2.14. The van der Waals surface area contributed by atoms with E-state index in [0.29, 0.717) is 5.82 Å². The van der Waals surface area contributed by atoms with Gasteiger partial charge in [-0.15, -0.1) is 11.3 Å². The Morgan fingerprint density at radius 2 is 1.88 bits per heavy atom. The number of thioether (sulfide) groups is 1. The molecule has 4 rings (SSSR count). The van der Waals surface area contributed by atoms with Crippen molar-refractivity contribution in [3.8, 4) is 6.07 Å². The average Bonchev–Trinajstić information content (AvgIpc) is 3.23. The maximum Gasteiger partial charge on any atom is 0.152 e. The highest BCUT2D eigenvalue weighted by atomic mass is 32.2. The van der Waals surface area contributed by atoms with Crippen LogP contribution < -0.4 is 0 Å². The van der Waals surface area contributed by atoms with Crippen molar-refractivity contribution in [2.75, 3.05) is 5.75 Å². The van der Waals surface area contributed by atoms with Crippen molar-refractivity contribution < 1.29 is 5.11 Å². The largest absolute Gasteiger partial charge is 0.510 e. The summed E-state index contributed by atoms with van der Waals surface area (Å²) in [6.07, 6.45) is 0. The minimum atomic E-state index is -0.00851. The second-order valence-corrected chi connectivity index (χ2v) is 7.53. The fourth-order valence-electron chi connectivity index (χ4n) is 2.44. The lowest BCUT2D eigenvalue weighted by Gasteiger charge is -2.00. The van der Waals surface area contributed by atoms with Crippen LogP contribution in [0.2, 0.25) is 0 Å². The van der Waals surface area contributed by atoms with Gasteiger partial charge in [-0.3, -0.25) is 0 Å². The molecular weight excluding hydrogens is 352 g/mol. The molecule has 0 saturated carbocycles. The third-order valence-electron chi connectivity index (χ3n) is 3.63. The number of thiazole rings is 1. The van der Waals surface area contributed by atoms with E-state index >= 15 is 0 Å². The molecule has 0 radical (unpaired) electrons. The van der Waals surface area contributed by atoms with Gasteiger partial charge in [0, 0.05) is 0 Å². The molecule has 2 aromatic carbocycles.